The molecule has 0 unspecified atom stereocenters. The monoisotopic (exact) mass is 309 g/mol. The van der Waals surface area contributed by atoms with Gasteiger partial charge in [0.2, 0.25) is 0 Å². The van der Waals surface area contributed by atoms with Gasteiger partial charge in [-0.25, -0.2) is 0 Å². The van der Waals surface area contributed by atoms with Crippen molar-refractivity contribution < 1.29 is 4.92 Å². The molecule has 2 aromatic rings. The first kappa shape index (κ1) is 15.4. The number of benzene rings is 1. The zero-order chi connectivity index (χ0) is 15.6. The predicted molar refractivity (Wildman–Crippen MR) is 79.9 cm³/mol. The average molecular weight is 310 g/mol. The van der Waals surface area contributed by atoms with Gasteiger partial charge in [0, 0.05) is 12.6 Å². The third kappa shape index (κ3) is 3.03. The highest BCUT2D eigenvalue weighted by atomic mass is 35.5. The van der Waals surface area contributed by atoms with E-state index in [0.29, 0.717) is 24.1 Å². The molecule has 1 heterocycles. The van der Waals surface area contributed by atoms with Crippen molar-refractivity contribution >= 4 is 17.3 Å². The van der Waals surface area contributed by atoms with Gasteiger partial charge >= 0.3 is 0 Å². The lowest BCUT2D eigenvalue weighted by Crippen LogP contribution is -2.13. The Kier molecular flexibility index (Phi) is 4.54. The summed E-state index contributed by atoms with van der Waals surface area (Å²) in [4.78, 5) is 10.7. The van der Waals surface area contributed by atoms with Crippen LogP contribution in [0.2, 0.25) is 5.02 Å². The lowest BCUT2D eigenvalue weighted by molar-refractivity contribution is -0.384. The highest BCUT2D eigenvalue weighted by molar-refractivity contribution is 6.33. The average Bonchev–Trinajstić information content (AvgIpc) is 2.80. The fourth-order valence-corrected chi connectivity index (χ4v) is 2.37. The molecular formula is C13H16ClN5O2. The first-order valence-corrected chi connectivity index (χ1v) is 6.89. The first-order chi connectivity index (χ1) is 9.95. The Hall–Kier alpha value is -1.99. The van der Waals surface area contributed by atoms with Gasteiger partial charge in [0.1, 0.15) is 11.4 Å². The largest absolute Gasteiger partial charge is 0.324 e. The van der Waals surface area contributed by atoms with E-state index in [1.807, 2.05) is 13.8 Å². The van der Waals surface area contributed by atoms with Crippen LogP contribution in [0.4, 0.5) is 5.69 Å². The standard InChI is InChI=1S/C13H16ClN5O2/c1-8(2)7-18-11(6-15)16-17-13(18)12-9(14)4-3-5-10(12)19(20)21/h3-5,8H,6-7,15H2,1-2H3. The van der Waals surface area contributed by atoms with E-state index in [0.717, 1.165) is 0 Å². The molecule has 0 saturated carbocycles. The summed E-state index contributed by atoms with van der Waals surface area (Å²) in [5.74, 6) is 1.26. The van der Waals surface area contributed by atoms with Gasteiger partial charge in [-0.3, -0.25) is 10.1 Å². The third-order valence-electron chi connectivity index (χ3n) is 2.97. The van der Waals surface area contributed by atoms with Crippen LogP contribution < -0.4 is 5.73 Å². The maximum Gasteiger partial charge on any atom is 0.281 e. The summed E-state index contributed by atoms with van der Waals surface area (Å²) in [5, 5.41) is 19.6. The smallest absolute Gasteiger partial charge is 0.281 e. The Morgan fingerprint density at radius 2 is 2.14 bits per heavy atom. The molecule has 112 valence electrons. The molecule has 0 radical (unpaired) electrons. The maximum absolute atomic E-state index is 11.2. The molecule has 1 aromatic heterocycles. The fourth-order valence-electron chi connectivity index (χ4n) is 2.11. The predicted octanol–water partition coefficient (Wildman–Crippen LogP) is 2.62. The Morgan fingerprint density at radius 3 is 2.71 bits per heavy atom. The van der Waals surface area contributed by atoms with Crippen LogP contribution in [0.15, 0.2) is 18.2 Å². The molecule has 2 N–H and O–H groups in total. The van der Waals surface area contributed by atoms with Crippen molar-refractivity contribution in [3.8, 4) is 11.4 Å². The van der Waals surface area contributed by atoms with Crippen LogP contribution >= 0.6 is 11.6 Å². The van der Waals surface area contributed by atoms with Crippen LogP contribution in [0.5, 0.6) is 0 Å². The molecule has 0 atom stereocenters. The van der Waals surface area contributed by atoms with Gasteiger partial charge in [-0.2, -0.15) is 0 Å². The van der Waals surface area contributed by atoms with Gasteiger partial charge in [-0.15, -0.1) is 10.2 Å². The molecule has 0 amide bonds. The molecule has 0 spiro atoms. The molecule has 8 heteroatoms. The molecule has 0 aliphatic heterocycles. The van der Waals surface area contributed by atoms with E-state index in [1.54, 1.807) is 10.6 Å². The normalized spacial score (nSPS) is 11.1. The summed E-state index contributed by atoms with van der Waals surface area (Å²) in [7, 11) is 0. The minimum Gasteiger partial charge on any atom is -0.324 e. The quantitative estimate of drug-likeness (QED) is 0.676. The summed E-state index contributed by atoms with van der Waals surface area (Å²) < 4.78 is 1.79. The second-order valence-electron chi connectivity index (χ2n) is 5.04. The van der Waals surface area contributed by atoms with E-state index >= 15 is 0 Å². The molecule has 1 aromatic carbocycles. The van der Waals surface area contributed by atoms with E-state index in [2.05, 4.69) is 10.2 Å². The van der Waals surface area contributed by atoms with Gasteiger partial charge in [0.25, 0.3) is 5.69 Å². The fraction of sp³-hybridized carbons (Fsp3) is 0.385. The van der Waals surface area contributed by atoms with Crippen molar-refractivity contribution in [1.29, 1.82) is 0 Å². The molecule has 2 rings (SSSR count). The van der Waals surface area contributed by atoms with Crippen LogP contribution in [0.25, 0.3) is 11.4 Å². The highest BCUT2D eigenvalue weighted by Crippen LogP contribution is 2.35. The van der Waals surface area contributed by atoms with Gasteiger partial charge in [0.05, 0.1) is 16.5 Å². The van der Waals surface area contributed by atoms with E-state index < -0.39 is 4.92 Å². The first-order valence-electron chi connectivity index (χ1n) is 6.51. The van der Waals surface area contributed by atoms with Gasteiger partial charge < -0.3 is 10.3 Å². The van der Waals surface area contributed by atoms with E-state index in [-0.39, 0.29) is 22.8 Å². The number of halogens is 1. The Labute approximate surface area is 126 Å². The van der Waals surface area contributed by atoms with Crippen molar-refractivity contribution in [1.82, 2.24) is 14.8 Å². The second-order valence-corrected chi connectivity index (χ2v) is 5.45. The van der Waals surface area contributed by atoms with Gasteiger partial charge in [0.15, 0.2) is 5.82 Å². The molecule has 0 fully saturated rings. The number of nitrogens with two attached hydrogens (primary N) is 1. The summed E-state index contributed by atoms with van der Waals surface area (Å²) >= 11 is 6.15. The highest BCUT2D eigenvalue weighted by Gasteiger charge is 2.24. The number of aromatic nitrogens is 3. The summed E-state index contributed by atoms with van der Waals surface area (Å²) in [6.45, 7) is 4.88. The molecule has 7 nitrogen and oxygen atoms in total. The second kappa shape index (κ2) is 6.19. The summed E-state index contributed by atoms with van der Waals surface area (Å²) in [5.41, 5.74) is 5.84. The zero-order valence-electron chi connectivity index (χ0n) is 11.8. The van der Waals surface area contributed by atoms with Crippen molar-refractivity contribution in [3.63, 3.8) is 0 Å². The Bertz CT molecular complexity index is 669. The molecular weight excluding hydrogens is 294 g/mol. The van der Waals surface area contributed by atoms with E-state index in [4.69, 9.17) is 17.3 Å². The maximum atomic E-state index is 11.2. The van der Waals surface area contributed by atoms with Crippen molar-refractivity contribution in [3.05, 3.63) is 39.2 Å². The number of hydrogen-bond donors (Lipinski definition) is 1. The Morgan fingerprint density at radius 1 is 1.43 bits per heavy atom. The lowest BCUT2D eigenvalue weighted by atomic mass is 10.1. The van der Waals surface area contributed by atoms with Crippen LogP contribution in [0.3, 0.4) is 0 Å². The van der Waals surface area contributed by atoms with Gasteiger partial charge in [-0.05, 0) is 12.0 Å². The minimum absolute atomic E-state index is 0.0940. The molecule has 0 aliphatic rings. The number of rotatable bonds is 5. The number of nitro benzene ring substituents is 1. The SMILES string of the molecule is CC(C)Cn1c(CN)nnc1-c1c(Cl)cccc1[N+](=O)[O-]. The van der Waals surface area contributed by atoms with Crippen molar-refractivity contribution in [2.75, 3.05) is 0 Å². The van der Waals surface area contributed by atoms with Crippen LogP contribution in [-0.2, 0) is 13.1 Å². The third-order valence-corrected chi connectivity index (χ3v) is 3.28. The van der Waals surface area contributed by atoms with Gasteiger partial charge in [-0.1, -0.05) is 31.5 Å². The minimum atomic E-state index is -0.474. The Balaban J connectivity index is 2.67. The van der Waals surface area contributed by atoms with E-state index in [1.165, 1.54) is 12.1 Å². The number of nitrogens with zero attached hydrogens (tertiary/aromatic N) is 4. The van der Waals surface area contributed by atoms with Crippen LogP contribution in [0.1, 0.15) is 19.7 Å². The van der Waals surface area contributed by atoms with Crippen molar-refractivity contribution in [2.24, 2.45) is 11.7 Å². The number of nitro groups is 1. The molecule has 0 bridgehead atoms. The molecule has 0 saturated heterocycles. The molecule has 0 aliphatic carbocycles. The van der Waals surface area contributed by atoms with E-state index in [9.17, 15) is 10.1 Å². The zero-order valence-corrected chi connectivity index (χ0v) is 12.5. The molecule has 21 heavy (non-hydrogen) atoms. The van der Waals surface area contributed by atoms with Crippen molar-refractivity contribution in [2.45, 2.75) is 26.9 Å². The van der Waals surface area contributed by atoms with Crippen LogP contribution in [-0.4, -0.2) is 19.7 Å². The number of hydrogen-bond acceptors (Lipinski definition) is 5. The summed E-state index contributed by atoms with van der Waals surface area (Å²) in [6, 6.07) is 4.54. The topological polar surface area (TPSA) is 99.9 Å². The summed E-state index contributed by atoms with van der Waals surface area (Å²) in [6.07, 6.45) is 0. The lowest BCUT2D eigenvalue weighted by Gasteiger charge is -2.12. The van der Waals surface area contributed by atoms with Crippen LogP contribution in [0, 0.1) is 16.0 Å².